The van der Waals surface area contributed by atoms with E-state index in [0.717, 1.165) is 25.2 Å². The predicted octanol–water partition coefficient (Wildman–Crippen LogP) is 3.27. The molecule has 0 radical (unpaired) electrons. The molecule has 0 aliphatic carbocycles. The van der Waals surface area contributed by atoms with Crippen LogP contribution in [0.1, 0.15) is 13.8 Å². The van der Waals surface area contributed by atoms with Gasteiger partial charge in [-0.25, -0.2) is 4.68 Å². The Labute approximate surface area is 182 Å². The molecule has 0 fully saturated rings. The summed E-state index contributed by atoms with van der Waals surface area (Å²) < 4.78 is 7.05. The molecule has 2 aromatic carbocycles. The largest absolute Gasteiger partial charge is 0.490 e. The molecule has 3 aromatic rings. The smallest absolute Gasteiger partial charge is 0.267 e. The third-order valence-corrected chi connectivity index (χ3v) is 4.95. The highest BCUT2D eigenvalue weighted by atomic mass is 16.5. The van der Waals surface area contributed by atoms with Crippen LogP contribution in [0.15, 0.2) is 71.5 Å². The minimum absolute atomic E-state index is 0.187. The number of para-hydroxylation sites is 2. The van der Waals surface area contributed by atoms with Crippen molar-refractivity contribution < 1.29 is 9.53 Å². The molecule has 0 unspecified atom stereocenters. The van der Waals surface area contributed by atoms with Crippen LogP contribution < -0.4 is 15.6 Å². The van der Waals surface area contributed by atoms with Crippen LogP contribution in [0.3, 0.4) is 0 Å². The van der Waals surface area contributed by atoms with Crippen molar-refractivity contribution in [2.75, 3.05) is 31.6 Å². The lowest BCUT2D eigenvalue weighted by atomic mass is 10.1. The number of carbonyl (C=O) groups excluding carboxylic acids is 1. The van der Waals surface area contributed by atoms with Crippen molar-refractivity contribution in [1.82, 2.24) is 14.7 Å². The van der Waals surface area contributed by atoms with Gasteiger partial charge in [0.2, 0.25) is 5.91 Å². The van der Waals surface area contributed by atoms with Gasteiger partial charge in [0.25, 0.3) is 5.56 Å². The second kappa shape index (κ2) is 11.1. The zero-order valence-corrected chi connectivity index (χ0v) is 18.0. The second-order valence-corrected chi connectivity index (χ2v) is 7.00. The second-order valence-electron chi connectivity index (χ2n) is 7.00. The van der Waals surface area contributed by atoms with Gasteiger partial charge in [0, 0.05) is 18.2 Å². The van der Waals surface area contributed by atoms with Crippen LogP contribution in [0.25, 0.3) is 11.3 Å². The van der Waals surface area contributed by atoms with Crippen molar-refractivity contribution in [3.05, 3.63) is 77.1 Å². The summed E-state index contributed by atoms with van der Waals surface area (Å²) in [5.74, 6) is 0.251. The predicted molar refractivity (Wildman–Crippen MR) is 122 cm³/mol. The molecule has 0 aliphatic heterocycles. The van der Waals surface area contributed by atoms with E-state index < -0.39 is 0 Å². The van der Waals surface area contributed by atoms with E-state index in [-0.39, 0.29) is 18.0 Å². The van der Waals surface area contributed by atoms with Crippen LogP contribution in [0.2, 0.25) is 0 Å². The number of benzene rings is 2. The van der Waals surface area contributed by atoms with Gasteiger partial charge in [-0.1, -0.05) is 56.3 Å². The van der Waals surface area contributed by atoms with Gasteiger partial charge in [-0.05, 0) is 31.3 Å². The Kier molecular flexibility index (Phi) is 7.95. The van der Waals surface area contributed by atoms with Crippen LogP contribution in [0, 0.1) is 0 Å². The first-order valence-electron chi connectivity index (χ1n) is 10.5. The Morgan fingerprint density at radius 1 is 1.00 bits per heavy atom. The van der Waals surface area contributed by atoms with Gasteiger partial charge < -0.3 is 15.0 Å². The minimum atomic E-state index is -0.348. The zero-order valence-electron chi connectivity index (χ0n) is 18.0. The molecule has 0 atom stereocenters. The fourth-order valence-corrected chi connectivity index (χ4v) is 3.17. The number of nitrogens with zero attached hydrogens (tertiary/aromatic N) is 3. The highest BCUT2D eigenvalue weighted by Gasteiger charge is 2.11. The normalized spacial score (nSPS) is 10.8. The van der Waals surface area contributed by atoms with E-state index in [2.05, 4.69) is 29.2 Å². The molecule has 1 amide bonds. The molecule has 1 N–H and O–H groups in total. The average molecular weight is 421 g/mol. The summed E-state index contributed by atoms with van der Waals surface area (Å²) in [4.78, 5) is 27.1. The SMILES string of the molecule is CCN(CC)CCOc1ccccc1NC(=O)Cn1nc(-c2ccccc2)ccc1=O. The third-order valence-electron chi connectivity index (χ3n) is 4.95. The quantitative estimate of drug-likeness (QED) is 0.545. The molecule has 0 saturated carbocycles. The molecule has 7 heteroatoms. The van der Waals surface area contributed by atoms with E-state index in [9.17, 15) is 9.59 Å². The van der Waals surface area contributed by atoms with Gasteiger partial charge >= 0.3 is 0 Å². The number of amides is 1. The summed E-state index contributed by atoms with van der Waals surface area (Å²) in [5.41, 5.74) is 1.75. The molecule has 0 aliphatic rings. The van der Waals surface area contributed by atoms with E-state index in [1.54, 1.807) is 12.1 Å². The van der Waals surface area contributed by atoms with Crippen molar-refractivity contribution in [2.24, 2.45) is 0 Å². The number of aromatic nitrogens is 2. The number of anilines is 1. The van der Waals surface area contributed by atoms with Gasteiger partial charge in [-0.15, -0.1) is 0 Å². The molecule has 1 aromatic heterocycles. The van der Waals surface area contributed by atoms with E-state index in [0.29, 0.717) is 23.7 Å². The van der Waals surface area contributed by atoms with Crippen molar-refractivity contribution in [1.29, 1.82) is 0 Å². The van der Waals surface area contributed by atoms with Crippen LogP contribution >= 0.6 is 0 Å². The Morgan fingerprint density at radius 2 is 1.71 bits per heavy atom. The van der Waals surface area contributed by atoms with E-state index in [1.807, 2.05) is 48.5 Å². The summed E-state index contributed by atoms with van der Waals surface area (Å²) in [6.07, 6.45) is 0. The Morgan fingerprint density at radius 3 is 2.45 bits per heavy atom. The summed E-state index contributed by atoms with van der Waals surface area (Å²) in [7, 11) is 0. The third kappa shape index (κ3) is 6.26. The van der Waals surface area contributed by atoms with Crippen molar-refractivity contribution in [3.63, 3.8) is 0 Å². The number of ether oxygens (including phenoxy) is 1. The molecular formula is C24H28N4O3. The van der Waals surface area contributed by atoms with Crippen molar-refractivity contribution in [2.45, 2.75) is 20.4 Å². The van der Waals surface area contributed by atoms with Crippen LogP contribution in [0.4, 0.5) is 5.69 Å². The lowest BCUT2D eigenvalue weighted by Gasteiger charge is -2.19. The standard InChI is InChI=1S/C24H28N4O3/c1-3-27(4-2)16-17-31-22-13-9-8-12-21(22)25-23(29)18-28-24(30)15-14-20(26-28)19-10-6-5-7-11-19/h5-15H,3-4,16-18H2,1-2H3,(H,25,29). The first kappa shape index (κ1) is 22.2. The number of nitrogens with one attached hydrogen (secondary N) is 1. The lowest BCUT2D eigenvalue weighted by Crippen LogP contribution is -2.29. The van der Waals surface area contributed by atoms with Gasteiger partial charge in [-0.3, -0.25) is 9.59 Å². The van der Waals surface area contributed by atoms with Gasteiger partial charge in [0.1, 0.15) is 18.9 Å². The highest BCUT2D eigenvalue weighted by Crippen LogP contribution is 2.23. The van der Waals surface area contributed by atoms with E-state index in [1.165, 1.54) is 10.7 Å². The summed E-state index contributed by atoms with van der Waals surface area (Å²) >= 11 is 0. The summed E-state index contributed by atoms with van der Waals surface area (Å²) in [6, 6.07) is 19.9. The van der Waals surface area contributed by atoms with E-state index in [4.69, 9.17) is 4.74 Å². The maximum absolute atomic E-state index is 12.6. The molecular weight excluding hydrogens is 392 g/mol. The van der Waals surface area contributed by atoms with E-state index >= 15 is 0 Å². The Bertz CT molecular complexity index is 1050. The van der Waals surface area contributed by atoms with Crippen molar-refractivity contribution >= 4 is 11.6 Å². The summed E-state index contributed by atoms with van der Waals surface area (Å²) in [6.45, 7) is 7.29. The lowest BCUT2D eigenvalue weighted by molar-refractivity contribution is -0.117. The zero-order chi connectivity index (χ0) is 22.1. The fraction of sp³-hybridized carbons (Fsp3) is 0.292. The first-order valence-corrected chi connectivity index (χ1v) is 10.5. The maximum Gasteiger partial charge on any atom is 0.267 e. The molecule has 162 valence electrons. The molecule has 7 nitrogen and oxygen atoms in total. The Balaban J connectivity index is 1.67. The number of carbonyl (C=O) groups is 1. The van der Waals surface area contributed by atoms with Crippen LogP contribution in [-0.4, -0.2) is 46.8 Å². The number of hydrogen-bond donors (Lipinski definition) is 1. The summed E-state index contributed by atoms with van der Waals surface area (Å²) in [5, 5.41) is 7.18. The van der Waals surface area contributed by atoms with Crippen LogP contribution in [-0.2, 0) is 11.3 Å². The molecule has 1 heterocycles. The average Bonchev–Trinajstić information content (AvgIpc) is 2.80. The van der Waals surface area contributed by atoms with Gasteiger partial charge in [0.15, 0.2) is 0 Å². The fourth-order valence-electron chi connectivity index (χ4n) is 3.17. The first-order chi connectivity index (χ1) is 15.1. The minimum Gasteiger partial charge on any atom is -0.490 e. The van der Waals surface area contributed by atoms with Gasteiger partial charge in [-0.2, -0.15) is 5.10 Å². The highest BCUT2D eigenvalue weighted by molar-refractivity contribution is 5.92. The molecule has 3 rings (SSSR count). The molecule has 0 spiro atoms. The number of hydrogen-bond acceptors (Lipinski definition) is 5. The topological polar surface area (TPSA) is 76.5 Å². The van der Waals surface area contributed by atoms with Gasteiger partial charge in [0.05, 0.1) is 11.4 Å². The van der Waals surface area contributed by atoms with Crippen LogP contribution in [0.5, 0.6) is 5.75 Å². The van der Waals surface area contributed by atoms with Crippen molar-refractivity contribution in [3.8, 4) is 17.0 Å². The number of likely N-dealkylation sites (N-methyl/N-ethyl adjacent to an activating group) is 1. The molecule has 0 bridgehead atoms. The molecule has 31 heavy (non-hydrogen) atoms. The monoisotopic (exact) mass is 420 g/mol. The maximum atomic E-state index is 12.6. The number of rotatable bonds is 10. The molecule has 0 saturated heterocycles. The Hall–Kier alpha value is -3.45.